The normalized spacial score (nSPS) is 18.0. The average Bonchev–Trinajstić information content (AvgIpc) is 3.18. The molecule has 0 radical (unpaired) electrons. The summed E-state index contributed by atoms with van der Waals surface area (Å²) in [4.78, 5) is 8.92. The van der Waals surface area contributed by atoms with Gasteiger partial charge in [-0.1, -0.05) is 24.4 Å². The Balaban J connectivity index is 1.70. The number of aryl methyl sites for hydroxylation is 2. The summed E-state index contributed by atoms with van der Waals surface area (Å²) in [7, 11) is 1.75. The number of rotatable bonds is 6. The van der Waals surface area contributed by atoms with Crippen molar-refractivity contribution < 1.29 is 9.26 Å². The molecule has 21 heavy (non-hydrogen) atoms. The molecule has 0 N–H and O–H groups in total. The van der Waals surface area contributed by atoms with Gasteiger partial charge < -0.3 is 9.26 Å². The lowest BCUT2D eigenvalue weighted by molar-refractivity contribution is 0.0961. The minimum absolute atomic E-state index is 0.0457. The van der Waals surface area contributed by atoms with Gasteiger partial charge in [0.05, 0.1) is 17.0 Å². The third kappa shape index (κ3) is 3.32. The van der Waals surface area contributed by atoms with Crippen LogP contribution in [0.1, 0.15) is 48.8 Å². The lowest BCUT2D eigenvalue weighted by Crippen LogP contribution is -2.35. The number of hydrogen-bond acceptors (Lipinski definition) is 6. The van der Waals surface area contributed by atoms with Crippen molar-refractivity contribution in [3.63, 3.8) is 0 Å². The van der Waals surface area contributed by atoms with E-state index in [0.717, 1.165) is 36.5 Å². The average molecular weight is 307 g/mol. The first-order valence-corrected chi connectivity index (χ1v) is 8.41. The predicted molar refractivity (Wildman–Crippen MR) is 80.5 cm³/mol. The zero-order valence-electron chi connectivity index (χ0n) is 12.4. The summed E-state index contributed by atoms with van der Waals surface area (Å²) < 4.78 is 10.9. The van der Waals surface area contributed by atoms with E-state index in [-0.39, 0.29) is 5.41 Å². The van der Waals surface area contributed by atoms with Crippen LogP contribution in [-0.2, 0) is 23.0 Å². The fraction of sp³-hybridized carbons (Fsp3) is 0.667. The summed E-state index contributed by atoms with van der Waals surface area (Å²) in [6.07, 6.45) is 9.34. The molecule has 114 valence electrons. The summed E-state index contributed by atoms with van der Waals surface area (Å²) in [5.74, 6) is 1.54. The number of nitrogens with zero attached hydrogens (tertiary/aromatic N) is 3. The Kier molecular flexibility index (Phi) is 4.65. The van der Waals surface area contributed by atoms with Crippen LogP contribution in [0.25, 0.3) is 0 Å². The topological polar surface area (TPSA) is 61.0 Å². The van der Waals surface area contributed by atoms with Crippen molar-refractivity contribution in [3.05, 3.63) is 28.3 Å². The van der Waals surface area contributed by atoms with Crippen molar-refractivity contribution in [1.29, 1.82) is 0 Å². The molecule has 3 rings (SSSR count). The van der Waals surface area contributed by atoms with Gasteiger partial charge in [-0.15, -0.1) is 11.3 Å². The van der Waals surface area contributed by atoms with Crippen molar-refractivity contribution in [3.8, 4) is 0 Å². The lowest BCUT2D eigenvalue weighted by atomic mass is 9.74. The summed E-state index contributed by atoms with van der Waals surface area (Å²) in [6, 6.07) is 0. The third-order valence-corrected chi connectivity index (χ3v) is 5.05. The summed E-state index contributed by atoms with van der Waals surface area (Å²) in [5, 5.41) is 7.35. The smallest absolute Gasteiger partial charge is 0.227 e. The zero-order chi connectivity index (χ0) is 14.5. The molecule has 0 bridgehead atoms. The van der Waals surface area contributed by atoms with E-state index in [1.807, 2.05) is 11.6 Å². The Labute approximate surface area is 128 Å². The highest BCUT2D eigenvalue weighted by molar-refractivity contribution is 7.09. The molecular weight excluding hydrogens is 286 g/mol. The standard InChI is InChI=1S/C15H21N3O2S/c1-19-11-15(7-3-2-4-8-15)14-17-12(20-18-14)5-6-13-16-9-10-21-13/h9-10H,2-8,11H2,1H3. The quantitative estimate of drug-likeness (QED) is 0.820. The number of methoxy groups -OCH3 is 1. The van der Waals surface area contributed by atoms with Crippen molar-refractivity contribution in [2.24, 2.45) is 0 Å². The summed E-state index contributed by atoms with van der Waals surface area (Å²) in [5.41, 5.74) is -0.0457. The molecule has 1 saturated carbocycles. The molecule has 0 aliphatic heterocycles. The van der Waals surface area contributed by atoms with E-state index in [9.17, 15) is 0 Å². The summed E-state index contributed by atoms with van der Waals surface area (Å²) >= 11 is 1.66. The van der Waals surface area contributed by atoms with Crippen LogP contribution in [0.5, 0.6) is 0 Å². The first-order valence-electron chi connectivity index (χ1n) is 7.53. The molecule has 0 aromatic carbocycles. The van der Waals surface area contributed by atoms with Gasteiger partial charge in [0.1, 0.15) is 0 Å². The van der Waals surface area contributed by atoms with E-state index in [4.69, 9.17) is 9.26 Å². The van der Waals surface area contributed by atoms with Crippen LogP contribution < -0.4 is 0 Å². The number of hydrogen-bond donors (Lipinski definition) is 0. The first-order chi connectivity index (χ1) is 10.3. The second kappa shape index (κ2) is 6.66. The van der Waals surface area contributed by atoms with Crippen molar-refractivity contribution >= 4 is 11.3 Å². The van der Waals surface area contributed by atoms with Crippen LogP contribution in [0, 0.1) is 0 Å². The van der Waals surface area contributed by atoms with E-state index < -0.39 is 0 Å². The Morgan fingerprint density at radius 3 is 2.86 bits per heavy atom. The van der Waals surface area contributed by atoms with Gasteiger partial charge in [0, 0.05) is 31.5 Å². The van der Waals surface area contributed by atoms with Gasteiger partial charge in [-0.3, -0.25) is 0 Å². The van der Waals surface area contributed by atoms with E-state index in [1.165, 1.54) is 19.3 Å². The number of ether oxygens (including phenoxy) is 1. The highest BCUT2D eigenvalue weighted by Gasteiger charge is 2.38. The molecule has 1 aliphatic rings. The Morgan fingerprint density at radius 1 is 1.29 bits per heavy atom. The maximum Gasteiger partial charge on any atom is 0.227 e. The van der Waals surface area contributed by atoms with Gasteiger partial charge in [0.25, 0.3) is 0 Å². The van der Waals surface area contributed by atoms with Gasteiger partial charge in [-0.2, -0.15) is 4.98 Å². The molecule has 6 heteroatoms. The Morgan fingerprint density at radius 2 is 2.14 bits per heavy atom. The molecule has 0 atom stereocenters. The van der Waals surface area contributed by atoms with E-state index >= 15 is 0 Å². The fourth-order valence-electron chi connectivity index (χ4n) is 3.10. The SMILES string of the molecule is COCC1(c2noc(CCc3nccs3)n2)CCCCC1. The van der Waals surface area contributed by atoms with E-state index in [0.29, 0.717) is 12.5 Å². The first kappa shape index (κ1) is 14.7. The maximum absolute atomic E-state index is 5.45. The summed E-state index contributed by atoms with van der Waals surface area (Å²) in [6.45, 7) is 0.679. The zero-order valence-corrected chi connectivity index (χ0v) is 13.2. The molecule has 2 aromatic rings. The lowest BCUT2D eigenvalue weighted by Gasteiger charge is -2.33. The van der Waals surface area contributed by atoms with Gasteiger partial charge in [-0.25, -0.2) is 4.98 Å². The molecule has 2 aromatic heterocycles. The second-order valence-electron chi connectivity index (χ2n) is 5.71. The molecule has 1 fully saturated rings. The van der Waals surface area contributed by atoms with Gasteiger partial charge in [0.2, 0.25) is 5.89 Å². The van der Waals surface area contributed by atoms with Gasteiger partial charge in [-0.05, 0) is 12.8 Å². The van der Waals surface area contributed by atoms with Crippen molar-refractivity contribution in [2.75, 3.05) is 13.7 Å². The molecule has 2 heterocycles. The van der Waals surface area contributed by atoms with Crippen LogP contribution in [0.4, 0.5) is 0 Å². The van der Waals surface area contributed by atoms with Crippen molar-refractivity contribution in [2.45, 2.75) is 50.4 Å². The monoisotopic (exact) mass is 307 g/mol. The van der Waals surface area contributed by atoms with Crippen LogP contribution in [0.3, 0.4) is 0 Å². The third-order valence-electron chi connectivity index (χ3n) is 4.21. The largest absolute Gasteiger partial charge is 0.384 e. The Hall–Kier alpha value is -1.27. The molecule has 0 spiro atoms. The van der Waals surface area contributed by atoms with Crippen molar-refractivity contribution in [1.82, 2.24) is 15.1 Å². The number of thiazole rings is 1. The van der Waals surface area contributed by atoms with E-state index in [2.05, 4.69) is 15.1 Å². The van der Waals surface area contributed by atoms with Crippen LogP contribution >= 0.6 is 11.3 Å². The van der Waals surface area contributed by atoms with Gasteiger partial charge >= 0.3 is 0 Å². The van der Waals surface area contributed by atoms with Crippen LogP contribution in [0.15, 0.2) is 16.1 Å². The predicted octanol–water partition coefficient (Wildman–Crippen LogP) is 3.16. The fourth-order valence-corrected chi connectivity index (χ4v) is 3.72. The Bertz CT molecular complexity index is 542. The number of aromatic nitrogens is 3. The van der Waals surface area contributed by atoms with Crippen LogP contribution in [0.2, 0.25) is 0 Å². The highest BCUT2D eigenvalue weighted by atomic mass is 32.1. The minimum atomic E-state index is -0.0457. The molecule has 5 nitrogen and oxygen atoms in total. The molecule has 0 amide bonds. The molecule has 1 aliphatic carbocycles. The molecular formula is C15H21N3O2S. The van der Waals surface area contributed by atoms with Crippen LogP contribution in [-0.4, -0.2) is 28.8 Å². The van der Waals surface area contributed by atoms with Gasteiger partial charge in [0.15, 0.2) is 5.82 Å². The second-order valence-corrected chi connectivity index (χ2v) is 6.69. The minimum Gasteiger partial charge on any atom is -0.384 e. The molecule has 0 unspecified atom stereocenters. The maximum atomic E-state index is 5.45. The highest BCUT2D eigenvalue weighted by Crippen LogP contribution is 2.38. The van der Waals surface area contributed by atoms with E-state index in [1.54, 1.807) is 18.4 Å². The molecule has 0 saturated heterocycles.